The number of rotatable bonds is 5. The van der Waals surface area contributed by atoms with Crippen molar-refractivity contribution in [1.82, 2.24) is 5.32 Å². The van der Waals surface area contributed by atoms with Gasteiger partial charge in [0.05, 0.1) is 17.9 Å². The molecule has 28 heavy (non-hydrogen) atoms. The molecule has 1 amide bonds. The molecule has 1 heterocycles. The number of fused-ring (bicyclic) bond motifs is 2. The van der Waals surface area contributed by atoms with Crippen molar-refractivity contribution >= 4 is 33.4 Å². The second kappa shape index (κ2) is 7.56. The van der Waals surface area contributed by atoms with Crippen LogP contribution < -0.4 is 5.32 Å². The Hall–Kier alpha value is -3.60. The van der Waals surface area contributed by atoms with Gasteiger partial charge in [-0.2, -0.15) is 0 Å². The van der Waals surface area contributed by atoms with Gasteiger partial charge in [0.15, 0.2) is 6.61 Å². The molecule has 0 saturated heterocycles. The van der Waals surface area contributed by atoms with Crippen LogP contribution >= 0.6 is 0 Å². The maximum Gasteiger partial charge on any atom is 0.339 e. The lowest BCUT2D eigenvalue weighted by Gasteiger charge is -2.13. The van der Waals surface area contributed by atoms with E-state index in [2.05, 4.69) is 5.32 Å². The van der Waals surface area contributed by atoms with Gasteiger partial charge in [0.1, 0.15) is 5.76 Å². The summed E-state index contributed by atoms with van der Waals surface area (Å²) in [5.41, 5.74) is 0.473. The fourth-order valence-electron chi connectivity index (χ4n) is 3.33. The zero-order valence-corrected chi connectivity index (χ0v) is 15.3. The Kier molecular flexibility index (Phi) is 4.81. The van der Waals surface area contributed by atoms with Gasteiger partial charge in [0, 0.05) is 0 Å². The number of hydrogen-bond donors (Lipinski definition) is 1. The smallest absolute Gasteiger partial charge is 0.339 e. The number of carbonyl (C=O) groups excluding carboxylic acids is 2. The predicted molar refractivity (Wildman–Crippen MR) is 107 cm³/mol. The number of nitrogens with one attached hydrogen (secondary N) is 1. The van der Waals surface area contributed by atoms with Crippen molar-refractivity contribution in [3.05, 3.63) is 84.3 Å². The lowest BCUT2D eigenvalue weighted by Crippen LogP contribution is -2.31. The SMILES string of the molecule is C[C@@H](NC(=O)COC(=O)c1c2ccccc2cc2ccccc12)c1ccco1. The zero-order valence-electron chi connectivity index (χ0n) is 15.3. The van der Waals surface area contributed by atoms with Gasteiger partial charge < -0.3 is 14.5 Å². The average Bonchev–Trinajstić information content (AvgIpc) is 3.25. The molecule has 5 heteroatoms. The number of esters is 1. The van der Waals surface area contributed by atoms with E-state index in [1.54, 1.807) is 25.3 Å². The molecular weight excluding hydrogens is 354 g/mol. The number of ether oxygens (including phenoxy) is 1. The van der Waals surface area contributed by atoms with Crippen LogP contribution in [0.5, 0.6) is 0 Å². The number of furan rings is 1. The van der Waals surface area contributed by atoms with Crippen LogP contribution in [0.1, 0.15) is 29.1 Å². The molecule has 0 unspecified atom stereocenters. The van der Waals surface area contributed by atoms with Crippen molar-refractivity contribution in [1.29, 1.82) is 0 Å². The molecule has 0 aliphatic heterocycles. The van der Waals surface area contributed by atoms with Gasteiger partial charge in [0.2, 0.25) is 0 Å². The van der Waals surface area contributed by atoms with E-state index in [1.807, 2.05) is 54.6 Å². The first kappa shape index (κ1) is 17.8. The summed E-state index contributed by atoms with van der Waals surface area (Å²) < 4.78 is 10.6. The van der Waals surface area contributed by atoms with Gasteiger partial charge in [-0.05, 0) is 46.7 Å². The number of amides is 1. The second-order valence-electron chi connectivity index (χ2n) is 6.57. The molecule has 1 aromatic heterocycles. The first-order chi connectivity index (χ1) is 13.6. The molecule has 1 atom stereocenters. The van der Waals surface area contributed by atoms with Crippen LogP contribution in [-0.4, -0.2) is 18.5 Å². The first-order valence-corrected chi connectivity index (χ1v) is 9.04. The van der Waals surface area contributed by atoms with Crippen LogP contribution in [0.4, 0.5) is 0 Å². The van der Waals surface area contributed by atoms with Crippen LogP contribution in [0.15, 0.2) is 77.4 Å². The minimum atomic E-state index is -0.520. The molecule has 0 aliphatic rings. The summed E-state index contributed by atoms with van der Waals surface area (Å²) in [6.45, 7) is 1.44. The Morgan fingerprint density at radius 1 is 0.964 bits per heavy atom. The molecule has 140 valence electrons. The molecule has 0 fully saturated rings. The lowest BCUT2D eigenvalue weighted by molar-refractivity contribution is -0.125. The van der Waals surface area contributed by atoms with Gasteiger partial charge in [0.25, 0.3) is 5.91 Å². The molecule has 0 aliphatic carbocycles. The van der Waals surface area contributed by atoms with Crippen LogP contribution in [0.25, 0.3) is 21.5 Å². The molecule has 4 rings (SSSR count). The minimum Gasteiger partial charge on any atom is -0.467 e. The lowest BCUT2D eigenvalue weighted by atomic mass is 9.97. The number of carbonyl (C=O) groups is 2. The highest BCUT2D eigenvalue weighted by Crippen LogP contribution is 2.29. The van der Waals surface area contributed by atoms with Crippen LogP contribution in [0, 0.1) is 0 Å². The molecule has 0 saturated carbocycles. The summed E-state index contributed by atoms with van der Waals surface area (Å²) in [4.78, 5) is 25.1. The van der Waals surface area contributed by atoms with Crippen LogP contribution in [0.2, 0.25) is 0 Å². The maximum atomic E-state index is 12.9. The van der Waals surface area contributed by atoms with Crippen LogP contribution in [0.3, 0.4) is 0 Å². The molecule has 4 aromatic rings. The van der Waals surface area contributed by atoms with Gasteiger partial charge in [-0.15, -0.1) is 0 Å². The normalized spacial score (nSPS) is 12.0. The van der Waals surface area contributed by atoms with E-state index in [1.165, 1.54) is 0 Å². The average molecular weight is 373 g/mol. The summed E-state index contributed by atoms with van der Waals surface area (Å²) in [5.74, 6) is -0.268. The van der Waals surface area contributed by atoms with Crippen molar-refractivity contribution in [3.8, 4) is 0 Å². The summed E-state index contributed by atoms with van der Waals surface area (Å²) in [5, 5.41) is 6.25. The topological polar surface area (TPSA) is 68.5 Å². The quantitative estimate of drug-likeness (QED) is 0.409. The molecule has 1 N–H and O–H groups in total. The third-order valence-electron chi connectivity index (χ3n) is 4.66. The summed E-state index contributed by atoms with van der Waals surface area (Å²) >= 11 is 0. The Morgan fingerprint density at radius 3 is 2.21 bits per heavy atom. The summed E-state index contributed by atoms with van der Waals surface area (Å²) in [6.07, 6.45) is 1.55. The minimum absolute atomic E-state index is 0.306. The largest absolute Gasteiger partial charge is 0.467 e. The van der Waals surface area contributed by atoms with Gasteiger partial charge in [-0.3, -0.25) is 4.79 Å². The zero-order chi connectivity index (χ0) is 19.5. The highest BCUT2D eigenvalue weighted by Gasteiger charge is 2.18. The third-order valence-corrected chi connectivity index (χ3v) is 4.66. The van der Waals surface area contributed by atoms with E-state index in [-0.39, 0.29) is 18.6 Å². The summed E-state index contributed by atoms with van der Waals surface area (Å²) in [6, 6.07) is 20.6. The monoisotopic (exact) mass is 373 g/mol. The second-order valence-corrected chi connectivity index (χ2v) is 6.57. The Labute approximate surface area is 161 Å². The Bertz CT molecular complexity index is 1090. The van der Waals surface area contributed by atoms with Crippen molar-refractivity contribution in [2.75, 3.05) is 6.61 Å². The standard InChI is InChI=1S/C23H19NO4/c1-15(20-11-6-12-27-20)24-21(25)14-28-23(26)22-18-9-4-2-7-16(18)13-17-8-3-5-10-19(17)22/h2-13,15H,14H2,1H3,(H,24,25)/t15-/m1/s1. The highest BCUT2D eigenvalue weighted by atomic mass is 16.5. The molecule has 0 bridgehead atoms. The van der Waals surface area contributed by atoms with Crippen molar-refractivity contribution < 1.29 is 18.7 Å². The number of hydrogen-bond acceptors (Lipinski definition) is 4. The van der Waals surface area contributed by atoms with E-state index < -0.39 is 5.97 Å². The molecule has 3 aromatic carbocycles. The van der Waals surface area contributed by atoms with E-state index >= 15 is 0 Å². The fraction of sp³-hybridized carbons (Fsp3) is 0.130. The molecular formula is C23H19NO4. The van der Waals surface area contributed by atoms with E-state index in [4.69, 9.17) is 9.15 Å². The van der Waals surface area contributed by atoms with E-state index in [0.717, 1.165) is 21.5 Å². The Balaban J connectivity index is 1.56. The number of benzene rings is 3. The van der Waals surface area contributed by atoms with E-state index in [0.29, 0.717) is 11.3 Å². The van der Waals surface area contributed by atoms with Gasteiger partial charge in [-0.1, -0.05) is 48.5 Å². The summed E-state index contributed by atoms with van der Waals surface area (Å²) in [7, 11) is 0. The highest BCUT2D eigenvalue weighted by molar-refractivity contribution is 6.16. The van der Waals surface area contributed by atoms with Gasteiger partial charge in [-0.25, -0.2) is 4.79 Å². The van der Waals surface area contributed by atoms with Crippen molar-refractivity contribution in [2.45, 2.75) is 13.0 Å². The predicted octanol–water partition coefficient (Wildman–Crippen LogP) is 4.62. The Morgan fingerprint density at radius 2 is 1.61 bits per heavy atom. The fourth-order valence-corrected chi connectivity index (χ4v) is 3.33. The first-order valence-electron chi connectivity index (χ1n) is 9.04. The van der Waals surface area contributed by atoms with Crippen molar-refractivity contribution in [2.24, 2.45) is 0 Å². The van der Waals surface area contributed by atoms with E-state index in [9.17, 15) is 9.59 Å². The van der Waals surface area contributed by atoms with Gasteiger partial charge >= 0.3 is 5.97 Å². The molecule has 5 nitrogen and oxygen atoms in total. The van der Waals surface area contributed by atoms with Crippen LogP contribution in [-0.2, 0) is 9.53 Å². The molecule has 0 radical (unpaired) electrons. The van der Waals surface area contributed by atoms with Crippen molar-refractivity contribution in [3.63, 3.8) is 0 Å². The maximum absolute atomic E-state index is 12.9. The molecule has 0 spiro atoms. The third kappa shape index (κ3) is 3.47.